The van der Waals surface area contributed by atoms with E-state index in [1.165, 1.54) is 19.3 Å². The van der Waals surface area contributed by atoms with Crippen molar-refractivity contribution < 1.29 is 14.7 Å². The van der Waals surface area contributed by atoms with Gasteiger partial charge in [0.05, 0.1) is 6.42 Å². The normalized spacial score (nSPS) is 29.8. The lowest BCUT2D eigenvalue weighted by atomic mass is 10.0. The Balaban J connectivity index is 2.00. The SMILES string of the molecule is CC(C)(C)N(CCC(=O)O)C(=O)C1C2CCCC21. The maximum Gasteiger partial charge on any atom is 0.305 e. The molecule has 2 aliphatic rings. The quantitative estimate of drug-likeness (QED) is 0.835. The van der Waals surface area contributed by atoms with Crippen LogP contribution in [-0.2, 0) is 9.59 Å². The van der Waals surface area contributed by atoms with Crippen LogP contribution in [0.5, 0.6) is 0 Å². The van der Waals surface area contributed by atoms with E-state index in [0.29, 0.717) is 18.4 Å². The molecule has 102 valence electrons. The van der Waals surface area contributed by atoms with Crippen molar-refractivity contribution in [2.24, 2.45) is 17.8 Å². The number of rotatable bonds is 4. The molecule has 0 saturated heterocycles. The first-order chi connectivity index (χ1) is 8.32. The Bertz CT molecular complexity index is 349. The van der Waals surface area contributed by atoms with Crippen molar-refractivity contribution in [1.29, 1.82) is 0 Å². The summed E-state index contributed by atoms with van der Waals surface area (Å²) in [7, 11) is 0. The molecule has 4 heteroatoms. The van der Waals surface area contributed by atoms with Crippen LogP contribution < -0.4 is 0 Å². The third-order valence-corrected chi connectivity index (χ3v) is 4.32. The second-order valence-electron chi connectivity index (χ2n) is 6.59. The Morgan fingerprint density at radius 1 is 1.22 bits per heavy atom. The van der Waals surface area contributed by atoms with E-state index in [0.717, 1.165) is 0 Å². The van der Waals surface area contributed by atoms with E-state index in [-0.39, 0.29) is 23.8 Å². The molecule has 18 heavy (non-hydrogen) atoms. The van der Waals surface area contributed by atoms with Gasteiger partial charge in [-0.2, -0.15) is 0 Å². The Kier molecular flexibility index (Phi) is 3.39. The number of carboxylic acid groups (broad SMARTS) is 1. The number of carbonyl (C=O) groups is 2. The molecule has 1 N–H and O–H groups in total. The second kappa shape index (κ2) is 4.56. The summed E-state index contributed by atoms with van der Waals surface area (Å²) in [6.45, 7) is 6.26. The van der Waals surface area contributed by atoms with Crippen LogP contribution in [0.4, 0.5) is 0 Å². The summed E-state index contributed by atoms with van der Waals surface area (Å²) in [4.78, 5) is 25.0. The number of carbonyl (C=O) groups excluding carboxylic acids is 1. The smallest absolute Gasteiger partial charge is 0.305 e. The van der Waals surface area contributed by atoms with Crippen LogP contribution >= 0.6 is 0 Å². The lowest BCUT2D eigenvalue weighted by Gasteiger charge is -2.36. The molecule has 0 radical (unpaired) electrons. The van der Waals surface area contributed by atoms with Gasteiger partial charge in [-0.05, 0) is 45.4 Å². The molecule has 0 aromatic rings. The average Bonchev–Trinajstić information content (AvgIpc) is 2.70. The van der Waals surface area contributed by atoms with Crippen LogP contribution in [-0.4, -0.2) is 34.0 Å². The molecule has 0 aromatic carbocycles. The summed E-state index contributed by atoms with van der Waals surface area (Å²) in [5.41, 5.74) is -0.288. The summed E-state index contributed by atoms with van der Waals surface area (Å²) >= 11 is 0. The molecule has 2 saturated carbocycles. The minimum absolute atomic E-state index is 0.0328. The highest BCUT2D eigenvalue weighted by molar-refractivity contribution is 5.83. The highest BCUT2D eigenvalue weighted by Gasteiger charge is 2.58. The highest BCUT2D eigenvalue weighted by atomic mass is 16.4. The van der Waals surface area contributed by atoms with E-state index in [2.05, 4.69) is 0 Å². The van der Waals surface area contributed by atoms with Gasteiger partial charge >= 0.3 is 5.97 Å². The number of hydrogen-bond donors (Lipinski definition) is 1. The molecule has 2 atom stereocenters. The maximum atomic E-state index is 12.5. The number of hydrogen-bond acceptors (Lipinski definition) is 2. The zero-order valence-electron chi connectivity index (χ0n) is 11.5. The minimum Gasteiger partial charge on any atom is -0.481 e. The average molecular weight is 253 g/mol. The Hall–Kier alpha value is -1.06. The van der Waals surface area contributed by atoms with Gasteiger partial charge in [-0.1, -0.05) is 6.42 Å². The van der Waals surface area contributed by atoms with E-state index in [4.69, 9.17) is 5.11 Å². The number of fused-ring (bicyclic) bond motifs is 1. The standard InChI is InChI=1S/C14H23NO3/c1-14(2,3)15(8-7-11(16)17)13(18)12-9-5-4-6-10(9)12/h9-10,12H,4-8H2,1-3H3,(H,16,17). The predicted octanol–water partition coefficient (Wildman–Crippen LogP) is 2.13. The van der Waals surface area contributed by atoms with Gasteiger partial charge in [0.1, 0.15) is 0 Å². The maximum absolute atomic E-state index is 12.5. The second-order valence-corrected chi connectivity index (χ2v) is 6.59. The summed E-state index contributed by atoms with van der Waals surface area (Å²) in [6.07, 6.45) is 3.64. The Morgan fingerprint density at radius 3 is 2.22 bits per heavy atom. The van der Waals surface area contributed by atoms with E-state index in [9.17, 15) is 9.59 Å². The molecule has 2 unspecified atom stereocenters. The summed E-state index contributed by atoms with van der Waals surface area (Å²) in [5.74, 6) is 0.706. The molecular formula is C14H23NO3. The molecule has 2 rings (SSSR count). The van der Waals surface area contributed by atoms with Crippen LogP contribution in [0, 0.1) is 17.8 Å². The molecule has 0 heterocycles. The van der Waals surface area contributed by atoms with Crippen molar-refractivity contribution in [1.82, 2.24) is 4.90 Å². The van der Waals surface area contributed by atoms with Gasteiger partial charge in [0.15, 0.2) is 0 Å². The fraction of sp³-hybridized carbons (Fsp3) is 0.857. The monoisotopic (exact) mass is 253 g/mol. The first-order valence-electron chi connectivity index (χ1n) is 6.85. The van der Waals surface area contributed by atoms with E-state index >= 15 is 0 Å². The van der Waals surface area contributed by atoms with Gasteiger partial charge in [-0.3, -0.25) is 9.59 Å². The molecule has 4 nitrogen and oxygen atoms in total. The molecule has 0 spiro atoms. The Labute approximate surface area is 108 Å². The predicted molar refractivity (Wildman–Crippen MR) is 68.0 cm³/mol. The third-order valence-electron chi connectivity index (χ3n) is 4.32. The highest BCUT2D eigenvalue weighted by Crippen LogP contribution is 2.58. The first-order valence-corrected chi connectivity index (χ1v) is 6.85. The Morgan fingerprint density at radius 2 is 1.78 bits per heavy atom. The van der Waals surface area contributed by atoms with Gasteiger partial charge in [0, 0.05) is 18.0 Å². The van der Waals surface area contributed by atoms with Crippen LogP contribution in [0.2, 0.25) is 0 Å². The largest absolute Gasteiger partial charge is 0.481 e. The van der Waals surface area contributed by atoms with Gasteiger partial charge in [-0.15, -0.1) is 0 Å². The van der Waals surface area contributed by atoms with Crippen LogP contribution in [0.1, 0.15) is 46.5 Å². The summed E-state index contributed by atoms with van der Waals surface area (Å²) < 4.78 is 0. The van der Waals surface area contributed by atoms with Crippen molar-refractivity contribution in [2.45, 2.75) is 52.0 Å². The van der Waals surface area contributed by atoms with Crippen molar-refractivity contribution in [3.05, 3.63) is 0 Å². The van der Waals surface area contributed by atoms with Gasteiger partial charge < -0.3 is 10.0 Å². The topological polar surface area (TPSA) is 57.6 Å². The van der Waals surface area contributed by atoms with Crippen molar-refractivity contribution in [3.8, 4) is 0 Å². The van der Waals surface area contributed by atoms with Crippen molar-refractivity contribution in [3.63, 3.8) is 0 Å². The van der Waals surface area contributed by atoms with Crippen molar-refractivity contribution >= 4 is 11.9 Å². The number of carboxylic acids is 1. The zero-order valence-corrected chi connectivity index (χ0v) is 11.5. The number of amides is 1. The molecule has 0 bridgehead atoms. The summed E-state index contributed by atoms with van der Waals surface area (Å²) in [5, 5.41) is 8.79. The van der Waals surface area contributed by atoms with Crippen molar-refractivity contribution in [2.75, 3.05) is 6.54 Å². The number of nitrogens with zero attached hydrogens (tertiary/aromatic N) is 1. The fourth-order valence-corrected chi connectivity index (χ4v) is 3.35. The van der Waals surface area contributed by atoms with Gasteiger partial charge in [-0.25, -0.2) is 0 Å². The lowest BCUT2D eigenvalue weighted by Crippen LogP contribution is -2.47. The van der Waals surface area contributed by atoms with Crippen LogP contribution in [0.25, 0.3) is 0 Å². The van der Waals surface area contributed by atoms with Crippen LogP contribution in [0.3, 0.4) is 0 Å². The molecule has 1 amide bonds. The molecule has 0 aromatic heterocycles. The lowest BCUT2D eigenvalue weighted by molar-refractivity contribution is -0.141. The molecule has 0 aliphatic heterocycles. The number of aliphatic carboxylic acids is 1. The van der Waals surface area contributed by atoms with E-state index in [1.807, 2.05) is 20.8 Å². The van der Waals surface area contributed by atoms with Gasteiger partial charge in [0.25, 0.3) is 0 Å². The first kappa shape index (κ1) is 13.4. The summed E-state index contributed by atoms with van der Waals surface area (Å²) in [6, 6.07) is 0. The van der Waals surface area contributed by atoms with Crippen LogP contribution in [0.15, 0.2) is 0 Å². The molecular weight excluding hydrogens is 230 g/mol. The van der Waals surface area contributed by atoms with Gasteiger partial charge in [0.2, 0.25) is 5.91 Å². The molecule has 2 aliphatic carbocycles. The zero-order chi connectivity index (χ0) is 13.5. The third kappa shape index (κ3) is 2.52. The van der Waals surface area contributed by atoms with E-state index in [1.54, 1.807) is 4.90 Å². The molecule has 2 fully saturated rings. The minimum atomic E-state index is -0.840. The van der Waals surface area contributed by atoms with E-state index < -0.39 is 5.97 Å². The fourth-order valence-electron chi connectivity index (χ4n) is 3.35.